The lowest BCUT2D eigenvalue weighted by Crippen LogP contribution is -2.16. The number of benzene rings is 2. The minimum absolute atomic E-state index is 0.136. The minimum atomic E-state index is -3.57. The Balaban J connectivity index is 1.82. The Labute approximate surface area is 165 Å². The van der Waals surface area contributed by atoms with Gasteiger partial charge in [0.25, 0.3) is 0 Å². The van der Waals surface area contributed by atoms with E-state index in [0.29, 0.717) is 15.6 Å². The topological polar surface area (TPSA) is 77.7 Å². The summed E-state index contributed by atoms with van der Waals surface area (Å²) in [5.41, 5.74) is 0.838. The summed E-state index contributed by atoms with van der Waals surface area (Å²) < 4.78 is 32.7. The number of carbonyl (C=O) groups excluding carboxylic acids is 1. The van der Waals surface area contributed by atoms with Gasteiger partial charge in [0.2, 0.25) is 5.91 Å². The standard InChI is InChI=1S/C18H17ClN2O4S2/c1-21-17-14(25-2)4-3-5-15(17)26-18(21)20-16(22)10-11-27(23,24)13-8-6-12(19)7-9-13/h3-9H,10-11H2,1-2H3. The van der Waals surface area contributed by atoms with Crippen LogP contribution in [0.5, 0.6) is 5.75 Å². The summed E-state index contributed by atoms with van der Waals surface area (Å²) in [7, 11) is -0.204. The van der Waals surface area contributed by atoms with Crippen LogP contribution in [0.2, 0.25) is 5.02 Å². The van der Waals surface area contributed by atoms with Gasteiger partial charge in [-0.15, -0.1) is 0 Å². The van der Waals surface area contributed by atoms with E-state index in [1.54, 1.807) is 18.7 Å². The van der Waals surface area contributed by atoms with E-state index in [0.717, 1.165) is 10.2 Å². The third-order valence-corrected chi connectivity index (χ3v) is 7.06. The van der Waals surface area contributed by atoms with E-state index in [4.69, 9.17) is 16.3 Å². The summed E-state index contributed by atoms with van der Waals surface area (Å²) in [6, 6.07) is 11.5. The zero-order valence-corrected chi connectivity index (χ0v) is 17.1. The van der Waals surface area contributed by atoms with Gasteiger partial charge < -0.3 is 9.30 Å². The second kappa shape index (κ2) is 7.84. The largest absolute Gasteiger partial charge is 0.495 e. The van der Waals surface area contributed by atoms with Gasteiger partial charge in [-0.05, 0) is 36.4 Å². The number of halogens is 1. The summed E-state index contributed by atoms with van der Waals surface area (Å²) in [5, 5.41) is 0.452. The van der Waals surface area contributed by atoms with Gasteiger partial charge in [-0.1, -0.05) is 29.0 Å². The molecule has 142 valence electrons. The molecule has 6 nitrogen and oxygen atoms in total. The highest BCUT2D eigenvalue weighted by atomic mass is 35.5. The second-order valence-corrected chi connectivity index (χ2v) is 9.33. The first kappa shape index (κ1) is 19.6. The number of para-hydroxylation sites is 1. The number of methoxy groups -OCH3 is 1. The van der Waals surface area contributed by atoms with E-state index in [2.05, 4.69) is 4.99 Å². The summed E-state index contributed by atoms with van der Waals surface area (Å²) >= 11 is 7.12. The molecule has 0 radical (unpaired) electrons. The molecule has 0 saturated carbocycles. The number of rotatable bonds is 5. The molecule has 0 fully saturated rings. The van der Waals surface area contributed by atoms with Gasteiger partial charge in [-0.2, -0.15) is 4.99 Å². The molecule has 2 aromatic carbocycles. The Kier molecular flexibility index (Phi) is 5.69. The van der Waals surface area contributed by atoms with Gasteiger partial charge in [0.15, 0.2) is 14.6 Å². The number of thiazole rings is 1. The van der Waals surface area contributed by atoms with E-state index < -0.39 is 15.7 Å². The molecular formula is C18H17ClN2O4S2. The number of amides is 1. The van der Waals surface area contributed by atoms with Crippen molar-refractivity contribution in [2.75, 3.05) is 12.9 Å². The molecule has 0 spiro atoms. The Bertz CT molecular complexity index is 1160. The van der Waals surface area contributed by atoms with Crippen LogP contribution in [-0.4, -0.2) is 31.8 Å². The SMILES string of the molecule is COc1cccc2sc(=NC(=O)CCS(=O)(=O)c3ccc(Cl)cc3)n(C)c12. The molecule has 0 atom stereocenters. The highest BCUT2D eigenvalue weighted by Crippen LogP contribution is 2.26. The molecular weight excluding hydrogens is 408 g/mol. The van der Waals surface area contributed by atoms with E-state index >= 15 is 0 Å². The van der Waals surface area contributed by atoms with Gasteiger partial charge in [0.05, 0.1) is 22.5 Å². The van der Waals surface area contributed by atoms with Crippen molar-refractivity contribution in [3.05, 3.63) is 52.3 Å². The fraction of sp³-hybridized carbons (Fsp3) is 0.222. The number of sulfone groups is 1. The molecule has 0 N–H and O–H groups in total. The van der Waals surface area contributed by atoms with Gasteiger partial charge in [-0.25, -0.2) is 8.42 Å². The van der Waals surface area contributed by atoms with Gasteiger partial charge in [0.1, 0.15) is 11.3 Å². The smallest absolute Gasteiger partial charge is 0.249 e. The van der Waals surface area contributed by atoms with Crippen molar-refractivity contribution in [3.63, 3.8) is 0 Å². The molecule has 0 bridgehead atoms. The number of hydrogen-bond acceptors (Lipinski definition) is 5. The monoisotopic (exact) mass is 424 g/mol. The lowest BCUT2D eigenvalue weighted by atomic mass is 10.3. The molecule has 27 heavy (non-hydrogen) atoms. The number of carbonyl (C=O) groups is 1. The first-order valence-corrected chi connectivity index (χ1v) is 10.8. The molecule has 1 amide bonds. The van der Waals surface area contributed by atoms with Crippen molar-refractivity contribution in [2.24, 2.45) is 12.0 Å². The molecule has 3 aromatic rings. The Morgan fingerprint density at radius 2 is 1.93 bits per heavy atom. The fourth-order valence-corrected chi connectivity index (χ4v) is 4.99. The van der Waals surface area contributed by atoms with Crippen molar-refractivity contribution >= 4 is 48.9 Å². The van der Waals surface area contributed by atoms with Crippen molar-refractivity contribution < 1.29 is 17.9 Å². The predicted octanol–water partition coefficient (Wildman–Crippen LogP) is 3.19. The Morgan fingerprint density at radius 1 is 1.22 bits per heavy atom. The van der Waals surface area contributed by atoms with Crippen molar-refractivity contribution in [1.82, 2.24) is 4.57 Å². The maximum Gasteiger partial charge on any atom is 0.249 e. The highest BCUT2D eigenvalue weighted by molar-refractivity contribution is 7.91. The van der Waals surface area contributed by atoms with Crippen LogP contribution >= 0.6 is 22.9 Å². The maximum absolute atomic E-state index is 12.3. The van der Waals surface area contributed by atoms with Crippen LogP contribution in [0, 0.1) is 0 Å². The lowest BCUT2D eigenvalue weighted by molar-refractivity contribution is -0.117. The zero-order valence-electron chi connectivity index (χ0n) is 14.7. The number of aromatic nitrogens is 1. The average Bonchev–Trinajstić information content (AvgIpc) is 2.96. The van der Waals surface area contributed by atoms with Gasteiger partial charge >= 0.3 is 0 Å². The Morgan fingerprint density at radius 3 is 2.59 bits per heavy atom. The van der Waals surface area contributed by atoms with Crippen LogP contribution in [0.4, 0.5) is 0 Å². The predicted molar refractivity (Wildman–Crippen MR) is 106 cm³/mol. The van der Waals surface area contributed by atoms with Gasteiger partial charge in [0, 0.05) is 18.5 Å². The number of hydrogen-bond donors (Lipinski definition) is 0. The third kappa shape index (κ3) is 4.23. The second-order valence-electron chi connectivity index (χ2n) is 5.78. The third-order valence-electron chi connectivity index (χ3n) is 3.98. The Hall–Kier alpha value is -2.16. The average molecular weight is 425 g/mol. The van der Waals surface area contributed by atoms with Crippen molar-refractivity contribution in [3.8, 4) is 5.75 Å². The molecule has 1 aromatic heterocycles. The molecule has 3 rings (SSSR count). The summed E-state index contributed by atoms with van der Waals surface area (Å²) in [6.45, 7) is 0. The normalized spacial score (nSPS) is 12.5. The summed E-state index contributed by atoms with van der Waals surface area (Å²) in [6.07, 6.45) is -0.198. The first-order chi connectivity index (χ1) is 12.8. The quantitative estimate of drug-likeness (QED) is 0.630. The lowest BCUT2D eigenvalue weighted by Gasteiger charge is -2.03. The number of fused-ring (bicyclic) bond motifs is 1. The fourth-order valence-electron chi connectivity index (χ4n) is 2.58. The van der Waals surface area contributed by atoms with Crippen LogP contribution in [-0.2, 0) is 21.7 Å². The van der Waals surface area contributed by atoms with E-state index in [9.17, 15) is 13.2 Å². The van der Waals surface area contributed by atoms with Crippen LogP contribution in [0.25, 0.3) is 10.2 Å². The van der Waals surface area contributed by atoms with Crippen LogP contribution in [0.3, 0.4) is 0 Å². The molecule has 9 heteroatoms. The highest BCUT2D eigenvalue weighted by Gasteiger charge is 2.17. The minimum Gasteiger partial charge on any atom is -0.495 e. The van der Waals surface area contributed by atoms with E-state index in [1.165, 1.54) is 35.6 Å². The molecule has 0 aliphatic heterocycles. The summed E-state index contributed by atoms with van der Waals surface area (Å²) in [5.74, 6) is -0.117. The molecule has 0 saturated heterocycles. The van der Waals surface area contributed by atoms with E-state index in [-0.39, 0.29) is 17.1 Å². The number of ether oxygens (including phenoxy) is 1. The molecule has 0 aliphatic rings. The maximum atomic E-state index is 12.3. The number of aryl methyl sites for hydroxylation is 1. The van der Waals surface area contributed by atoms with Crippen molar-refractivity contribution in [1.29, 1.82) is 0 Å². The molecule has 0 aliphatic carbocycles. The zero-order chi connectivity index (χ0) is 19.6. The van der Waals surface area contributed by atoms with Crippen molar-refractivity contribution in [2.45, 2.75) is 11.3 Å². The molecule has 1 heterocycles. The number of nitrogens with zero attached hydrogens (tertiary/aromatic N) is 2. The molecule has 0 unspecified atom stereocenters. The first-order valence-electron chi connectivity index (χ1n) is 8.00. The van der Waals surface area contributed by atoms with Crippen LogP contribution in [0.15, 0.2) is 52.4 Å². The van der Waals surface area contributed by atoms with Gasteiger partial charge in [-0.3, -0.25) is 4.79 Å². The summed E-state index contributed by atoms with van der Waals surface area (Å²) in [4.78, 5) is 16.9. The van der Waals surface area contributed by atoms with Crippen LogP contribution < -0.4 is 9.54 Å². The van der Waals surface area contributed by atoms with E-state index in [1.807, 2.05) is 18.2 Å². The van der Waals surface area contributed by atoms with Crippen LogP contribution in [0.1, 0.15) is 6.42 Å².